The van der Waals surface area contributed by atoms with Crippen molar-refractivity contribution in [3.63, 3.8) is 0 Å². The number of fused-ring (bicyclic) bond motifs is 1. The second-order valence-electron chi connectivity index (χ2n) is 4.35. The summed E-state index contributed by atoms with van der Waals surface area (Å²) in [6.45, 7) is 0. The summed E-state index contributed by atoms with van der Waals surface area (Å²) in [5, 5.41) is 0. The van der Waals surface area contributed by atoms with Gasteiger partial charge in [0.1, 0.15) is 17.3 Å². The predicted molar refractivity (Wildman–Crippen MR) is 77.0 cm³/mol. The Labute approximate surface area is 115 Å². The van der Waals surface area contributed by atoms with Crippen molar-refractivity contribution in [1.29, 1.82) is 0 Å². The van der Waals surface area contributed by atoms with Crippen LogP contribution in [0.4, 0.5) is 5.69 Å². The highest BCUT2D eigenvalue weighted by molar-refractivity contribution is 5.86. The summed E-state index contributed by atoms with van der Waals surface area (Å²) >= 11 is 0. The van der Waals surface area contributed by atoms with Gasteiger partial charge >= 0.3 is 0 Å². The van der Waals surface area contributed by atoms with Gasteiger partial charge in [0.05, 0.1) is 18.3 Å². The molecule has 5 heteroatoms. The van der Waals surface area contributed by atoms with Gasteiger partial charge in [0.25, 0.3) is 0 Å². The Hall–Kier alpha value is -2.82. The molecule has 5 nitrogen and oxygen atoms in total. The third-order valence-corrected chi connectivity index (χ3v) is 3.18. The summed E-state index contributed by atoms with van der Waals surface area (Å²) in [6, 6.07) is 11.1. The fraction of sp³-hybridized carbons (Fsp3) is 0.0667. The van der Waals surface area contributed by atoms with Crippen LogP contribution in [0.1, 0.15) is 10.5 Å². The number of carbonyl (C=O) groups excluding carboxylic acids is 1. The number of aromatic nitrogens is 2. The van der Waals surface area contributed by atoms with E-state index in [2.05, 4.69) is 4.98 Å². The molecule has 0 aliphatic heterocycles. The lowest BCUT2D eigenvalue weighted by Gasteiger charge is -2.06. The minimum absolute atomic E-state index is 0.412. The molecule has 3 aromatic rings. The molecule has 0 amide bonds. The molecule has 0 spiro atoms. The third-order valence-electron chi connectivity index (χ3n) is 3.18. The van der Waals surface area contributed by atoms with E-state index in [0.717, 1.165) is 17.4 Å². The Morgan fingerprint density at radius 1 is 1.30 bits per heavy atom. The van der Waals surface area contributed by atoms with Crippen LogP contribution >= 0.6 is 0 Å². The Morgan fingerprint density at radius 3 is 2.85 bits per heavy atom. The maximum absolute atomic E-state index is 11.1. The number of hydrogen-bond donors (Lipinski definition) is 1. The van der Waals surface area contributed by atoms with Crippen LogP contribution in [-0.4, -0.2) is 22.8 Å². The van der Waals surface area contributed by atoms with Crippen molar-refractivity contribution in [3.05, 3.63) is 48.3 Å². The lowest BCUT2D eigenvalue weighted by atomic mass is 10.2. The molecule has 20 heavy (non-hydrogen) atoms. The van der Waals surface area contributed by atoms with Crippen molar-refractivity contribution in [2.24, 2.45) is 0 Å². The molecule has 0 aliphatic carbocycles. The maximum Gasteiger partial charge on any atom is 0.170 e. The average molecular weight is 267 g/mol. The number of methoxy groups -OCH3 is 1. The van der Waals surface area contributed by atoms with E-state index in [-0.39, 0.29) is 0 Å². The van der Waals surface area contributed by atoms with Crippen LogP contribution in [0, 0.1) is 0 Å². The van der Waals surface area contributed by atoms with Gasteiger partial charge in [-0.25, -0.2) is 4.98 Å². The Balaban J connectivity index is 2.24. The second kappa shape index (κ2) is 4.70. The highest BCUT2D eigenvalue weighted by Gasteiger charge is 2.12. The van der Waals surface area contributed by atoms with E-state index in [9.17, 15) is 4.79 Å². The molecule has 0 saturated carbocycles. The predicted octanol–water partition coefficient (Wildman–Crippen LogP) is 2.40. The first kappa shape index (κ1) is 12.2. The summed E-state index contributed by atoms with van der Waals surface area (Å²) < 4.78 is 7.01. The fourth-order valence-corrected chi connectivity index (χ4v) is 2.23. The average Bonchev–Trinajstić information content (AvgIpc) is 2.86. The number of imidazole rings is 1. The van der Waals surface area contributed by atoms with Crippen LogP contribution in [0.2, 0.25) is 0 Å². The van der Waals surface area contributed by atoms with Crippen molar-refractivity contribution in [1.82, 2.24) is 9.38 Å². The van der Waals surface area contributed by atoms with Gasteiger partial charge in [0, 0.05) is 11.8 Å². The number of carbonyl (C=O) groups is 1. The molecule has 2 heterocycles. The van der Waals surface area contributed by atoms with E-state index >= 15 is 0 Å². The molecule has 0 radical (unpaired) electrons. The summed E-state index contributed by atoms with van der Waals surface area (Å²) in [6.07, 6.45) is 2.62. The number of nitrogens with zero attached hydrogens (tertiary/aromatic N) is 2. The zero-order chi connectivity index (χ0) is 14.1. The number of ether oxygens (including phenoxy) is 1. The number of benzene rings is 1. The molecule has 1 aromatic carbocycles. The number of aldehydes is 1. The number of rotatable bonds is 3. The number of hydrogen-bond acceptors (Lipinski definition) is 4. The standard InChI is InChI=1S/C15H13N3O2/c1-20-14-6-5-10(8-11(14)16)15-17-12(9-19)13-4-2-3-7-18(13)15/h2-9H,16H2,1H3. The van der Waals surface area contributed by atoms with Gasteiger partial charge in [-0.1, -0.05) is 6.07 Å². The van der Waals surface area contributed by atoms with Gasteiger partial charge in [-0.15, -0.1) is 0 Å². The van der Waals surface area contributed by atoms with Crippen LogP contribution < -0.4 is 10.5 Å². The summed E-state index contributed by atoms with van der Waals surface area (Å²) in [7, 11) is 1.57. The van der Waals surface area contributed by atoms with Gasteiger partial charge in [-0.3, -0.25) is 9.20 Å². The minimum atomic E-state index is 0.412. The van der Waals surface area contributed by atoms with Crippen molar-refractivity contribution >= 4 is 17.5 Å². The first-order valence-electron chi connectivity index (χ1n) is 6.10. The highest BCUT2D eigenvalue weighted by Crippen LogP contribution is 2.28. The van der Waals surface area contributed by atoms with Gasteiger partial charge in [0.15, 0.2) is 6.29 Å². The van der Waals surface area contributed by atoms with Crippen LogP contribution in [0.15, 0.2) is 42.6 Å². The van der Waals surface area contributed by atoms with E-state index in [0.29, 0.717) is 23.0 Å². The Morgan fingerprint density at radius 2 is 2.15 bits per heavy atom. The van der Waals surface area contributed by atoms with E-state index in [1.807, 2.05) is 34.9 Å². The summed E-state index contributed by atoms with van der Waals surface area (Å²) in [5.41, 5.74) is 8.47. The summed E-state index contributed by atoms with van der Waals surface area (Å²) in [5.74, 6) is 1.29. The SMILES string of the molecule is COc1ccc(-c2nc(C=O)c3ccccn23)cc1N. The molecule has 0 fully saturated rings. The van der Waals surface area contributed by atoms with Crippen molar-refractivity contribution < 1.29 is 9.53 Å². The molecule has 2 aromatic heterocycles. The monoisotopic (exact) mass is 267 g/mol. The number of nitrogen functional groups attached to an aromatic ring is 1. The van der Waals surface area contributed by atoms with Crippen LogP contribution in [0.5, 0.6) is 5.75 Å². The van der Waals surface area contributed by atoms with Gasteiger partial charge in [0.2, 0.25) is 0 Å². The van der Waals surface area contributed by atoms with Crippen molar-refractivity contribution in [3.8, 4) is 17.1 Å². The fourth-order valence-electron chi connectivity index (χ4n) is 2.23. The molecule has 2 N–H and O–H groups in total. The molecule has 0 aliphatic rings. The van der Waals surface area contributed by atoms with Crippen LogP contribution in [0.3, 0.4) is 0 Å². The molecule has 0 bridgehead atoms. The van der Waals surface area contributed by atoms with Gasteiger partial charge in [-0.2, -0.15) is 0 Å². The molecule has 0 saturated heterocycles. The molecular formula is C15H13N3O2. The first-order valence-corrected chi connectivity index (χ1v) is 6.10. The largest absolute Gasteiger partial charge is 0.495 e. The van der Waals surface area contributed by atoms with Gasteiger partial charge < -0.3 is 10.5 Å². The molecule has 100 valence electrons. The number of anilines is 1. The number of nitrogens with two attached hydrogens (primary N) is 1. The molecular weight excluding hydrogens is 254 g/mol. The zero-order valence-electron chi connectivity index (χ0n) is 10.9. The highest BCUT2D eigenvalue weighted by atomic mass is 16.5. The molecule has 0 unspecified atom stereocenters. The molecule has 3 rings (SSSR count). The lowest BCUT2D eigenvalue weighted by Crippen LogP contribution is -1.94. The van der Waals surface area contributed by atoms with E-state index in [1.54, 1.807) is 19.2 Å². The van der Waals surface area contributed by atoms with Crippen LogP contribution in [0.25, 0.3) is 16.9 Å². The Kier molecular flexibility index (Phi) is 2.87. The minimum Gasteiger partial charge on any atom is -0.495 e. The normalized spacial score (nSPS) is 10.7. The first-order chi connectivity index (χ1) is 9.74. The van der Waals surface area contributed by atoms with E-state index in [1.165, 1.54) is 0 Å². The van der Waals surface area contributed by atoms with Crippen molar-refractivity contribution in [2.45, 2.75) is 0 Å². The quantitative estimate of drug-likeness (QED) is 0.584. The maximum atomic E-state index is 11.1. The van der Waals surface area contributed by atoms with E-state index in [4.69, 9.17) is 10.5 Å². The zero-order valence-corrected chi connectivity index (χ0v) is 10.9. The molecule has 0 atom stereocenters. The lowest BCUT2D eigenvalue weighted by molar-refractivity contribution is 0.112. The Bertz CT molecular complexity index is 793. The van der Waals surface area contributed by atoms with Gasteiger partial charge in [-0.05, 0) is 30.3 Å². The number of pyridine rings is 1. The van der Waals surface area contributed by atoms with Crippen molar-refractivity contribution in [2.75, 3.05) is 12.8 Å². The topological polar surface area (TPSA) is 69.6 Å². The van der Waals surface area contributed by atoms with E-state index < -0.39 is 0 Å². The second-order valence-corrected chi connectivity index (χ2v) is 4.35. The smallest absolute Gasteiger partial charge is 0.170 e. The summed E-state index contributed by atoms with van der Waals surface area (Å²) in [4.78, 5) is 15.5. The van der Waals surface area contributed by atoms with Crippen LogP contribution in [-0.2, 0) is 0 Å². The third kappa shape index (κ3) is 1.80.